The first-order valence-corrected chi connectivity index (χ1v) is 44.6. The smallest absolute Gasteiger partial charge is 0.305 e. The number of aromatic nitrogens is 1. The SMILES string of the molecule is CC[C@H](C)[C@@H]1NC(=O)[C@H](Cc2ccc(-c3ccccc3)cc2)NC(=O)[C@H](CC(C)C)NC(=O)[C@H](Cc2c[nH]c3ccccc23)NC(=O)[C@H](CC(=O)O)NC(=O)[C@H](Cc2ccc(O)cc2)NC(=O)[C@H](Cc2ccccc2)NC(=O)CSC[C@@H](C(=O)NCC(N)=O)NC(=O)[C@H](CO)NC(=O)[C@H](C(C)C)NC(=O)[C@H](CC(C)C)NC(=O)[C@H](CC(N)=O)NC(=O)CN(C)C(=O)[C@H](C)N(C)C1=O. The van der Waals surface area contributed by atoms with Crippen LogP contribution in [-0.2, 0) is 112 Å². The van der Waals surface area contributed by atoms with Crippen molar-refractivity contribution < 1.29 is 102 Å². The van der Waals surface area contributed by atoms with Crippen molar-refractivity contribution >= 4 is 129 Å². The summed E-state index contributed by atoms with van der Waals surface area (Å²) >= 11 is 0.702. The van der Waals surface area contributed by atoms with Crippen molar-refractivity contribution in [3.05, 3.63) is 162 Å². The lowest BCUT2D eigenvalue weighted by Crippen LogP contribution is -2.61. The number of aliphatic hydroxyl groups is 1. The van der Waals surface area contributed by atoms with Gasteiger partial charge in [-0.15, -0.1) is 11.8 Å². The van der Waals surface area contributed by atoms with Crippen molar-refractivity contribution in [3.8, 4) is 16.9 Å². The molecular formula is C92H122N18O21S. The molecule has 0 bridgehead atoms. The summed E-state index contributed by atoms with van der Waals surface area (Å²) in [5.41, 5.74) is 14.9. The van der Waals surface area contributed by atoms with Gasteiger partial charge in [-0.3, -0.25) is 86.3 Å². The number of rotatable bonds is 24. The number of amides is 17. The molecule has 0 radical (unpaired) electrons. The molecule has 2 heterocycles. The number of para-hydroxylation sites is 1. The number of phenols is 1. The Morgan fingerprint density at radius 2 is 0.902 bits per heavy atom. The van der Waals surface area contributed by atoms with E-state index >= 15 is 33.6 Å². The minimum absolute atomic E-state index is 0.119. The number of carboxylic acids is 1. The van der Waals surface area contributed by atoms with Crippen LogP contribution in [0.2, 0.25) is 0 Å². The number of nitrogens with one attached hydrogen (secondary N) is 14. The van der Waals surface area contributed by atoms with Gasteiger partial charge in [0.1, 0.15) is 84.3 Å². The molecule has 7 rings (SSSR count). The Morgan fingerprint density at radius 3 is 1.42 bits per heavy atom. The summed E-state index contributed by atoms with van der Waals surface area (Å²) in [7, 11) is 2.49. The molecule has 1 aromatic heterocycles. The number of phenolic OH excluding ortho intramolecular Hbond substituents is 1. The number of benzene rings is 5. The molecule has 1 aliphatic heterocycles. The van der Waals surface area contributed by atoms with Crippen molar-refractivity contribution in [2.45, 2.75) is 199 Å². The first-order chi connectivity index (χ1) is 62.5. The second kappa shape index (κ2) is 51.0. The van der Waals surface area contributed by atoms with Gasteiger partial charge < -0.3 is 111 Å². The molecule has 39 nitrogen and oxygen atoms in total. The highest BCUT2D eigenvalue weighted by Gasteiger charge is 2.41. The monoisotopic (exact) mass is 1850 g/mol. The quantitative estimate of drug-likeness (QED) is 0.0360. The van der Waals surface area contributed by atoms with Crippen LogP contribution in [0.1, 0.15) is 117 Å². The summed E-state index contributed by atoms with van der Waals surface area (Å²) in [6.07, 6.45) is -1.68. The number of nitrogens with two attached hydrogens (primary N) is 2. The first-order valence-electron chi connectivity index (χ1n) is 43.4. The number of primary amides is 2. The lowest BCUT2D eigenvalue weighted by Gasteiger charge is -2.34. The molecule has 0 unspecified atom stereocenters. The second-order valence-corrected chi connectivity index (χ2v) is 35.0. The summed E-state index contributed by atoms with van der Waals surface area (Å²) in [5, 5.41) is 65.3. The average molecular weight is 1850 g/mol. The fourth-order valence-electron chi connectivity index (χ4n) is 14.5. The third-order valence-corrected chi connectivity index (χ3v) is 23.1. The van der Waals surface area contributed by atoms with Gasteiger partial charge in [-0.2, -0.15) is 0 Å². The molecule has 132 heavy (non-hydrogen) atoms. The Balaban J connectivity index is 1.31. The highest BCUT2D eigenvalue weighted by atomic mass is 32.2. The third kappa shape index (κ3) is 32.7. The standard InChI is InChI=1S/C92H122N18O21S/c1-12-52(8)79-92(131)110(11)53(9)91(130)109(10)45-75(115)97-69(41-73(93)113)85(124)100-64(36-50(4)5)87(126)107-78(51(6)7)90(129)105-71(46-111)89(128)106-72(80(119)96-44-74(94)114)47-132-48-76(116)98-65(37-54-21-15-13-16-22-54)82(121)101-66(39-56-29-33-60(112)34-30-56)83(122)104-70(42-77(117)118)86(125)103-68(40-59-43-95-62-26-20-19-25-61(59)62)84(123)99-63(35-49(2)3)81(120)102-67(88(127)108-79)38-55-27-31-58(32-28-55)57-23-17-14-18-24-57/h13-34,43,49-53,63-72,78-79,95,111-112H,12,35-42,44-48H2,1-11H3,(H2,93,113)(H2,94,114)(H,96,119)(H,97,115)(H,98,116)(H,99,123)(H,100,124)(H,101,121)(H,102,120)(H,103,125)(H,104,122)(H,105,129)(H,106,128)(H,107,126)(H,108,127)(H,117,118)/t52-,53-,63-,64-,65-,66-,67-,68-,69-,70-,71-,72-,78-,79-/m0/s1. The maximum Gasteiger partial charge on any atom is 0.305 e. The van der Waals surface area contributed by atoms with Crippen LogP contribution in [0.25, 0.3) is 22.0 Å². The number of aliphatic carboxylic acids is 1. The van der Waals surface area contributed by atoms with Crippen LogP contribution in [0.4, 0.5) is 0 Å². The summed E-state index contributed by atoms with van der Waals surface area (Å²) in [5.74, 6) is -22.6. The molecule has 14 atom stereocenters. The Kier molecular flexibility index (Phi) is 40.7. The Labute approximate surface area is 768 Å². The van der Waals surface area contributed by atoms with Gasteiger partial charge in [-0.1, -0.05) is 177 Å². The molecule has 712 valence electrons. The zero-order valence-corrected chi connectivity index (χ0v) is 76.5. The highest BCUT2D eigenvalue weighted by Crippen LogP contribution is 2.24. The maximum absolute atomic E-state index is 15.5. The molecule has 21 N–H and O–H groups in total. The number of carbonyl (C=O) groups is 18. The lowest BCUT2D eigenvalue weighted by atomic mass is 9.95. The van der Waals surface area contributed by atoms with Gasteiger partial charge in [0, 0.05) is 62.6 Å². The van der Waals surface area contributed by atoms with E-state index in [2.05, 4.69) is 74.1 Å². The van der Waals surface area contributed by atoms with E-state index < -0.39 is 253 Å². The van der Waals surface area contributed by atoms with Crippen LogP contribution >= 0.6 is 11.8 Å². The molecule has 0 saturated carbocycles. The number of carbonyl (C=O) groups excluding carboxylic acids is 17. The van der Waals surface area contributed by atoms with Crippen LogP contribution < -0.4 is 80.6 Å². The molecule has 1 aliphatic rings. The summed E-state index contributed by atoms with van der Waals surface area (Å²) in [4.78, 5) is 263. The van der Waals surface area contributed by atoms with E-state index in [-0.39, 0.29) is 50.2 Å². The lowest BCUT2D eigenvalue weighted by molar-refractivity contribution is -0.147. The Morgan fingerprint density at radius 1 is 0.470 bits per heavy atom. The number of thioether (sulfide) groups is 1. The molecule has 6 aromatic rings. The number of aromatic amines is 1. The van der Waals surface area contributed by atoms with Crippen molar-refractivity contribution in [3.63, 3.8) is 0 Å². The molecule has 1 saturated heterocycles. The summed E-state index contributed by atoms with van der Waals surface area (Å²) in [6, 6.07) is 15.5. The topological polar surface area (TPSA) is 599 Å². The van der Waals surface area contributed by atoms with Gasteiger partial charge in [0.25, 0.3) is 0 Å². The van der Waals surface area contributed by atoms with E-state index in [1.54, 1.807) is 127 Å². The number of likely N-dealkylation sites (N-methyl/N-ethyl adjacent to an activating group) is 2. The number of H-pyrrole nitrogens is 1. The van der Waals surface area contributed by atoms with Crippen LogP contribution in [0.3, 0.4) is 0 Å². The van der Waals surface area contributed by atoms with Crippen molar-refractivity contribution in [2.24, 2.45) is 35.1 Å². The van der Waals surface area contributed by atoms with Crippen LogP contribution in [0.15, 0.2) is 140 Å². The van der Waals surface area contributed by atoms with Gasteiger partial charge in [0.05, 0.1) is 38.3 Å². The van der Waals surface area contributed by atoms with E-state index in [1.165, 1.54) is 59.1 Å². The molecule has 1 fully saturated rings. The summed E-state index contributed by atoms with van der Waals surface area (Å²) in [6.45, 7) is 11.9. The number of nitrogens with zero attached hydrogens (tertiary/aromatic N) is 2. The van der Waals surface area contributed by atoms with Crippen molar-refractivity contribution in [1.82, 2.24) is 83.9 Å². The second-order valence-electron chi connectivity index (χ2n) is 34.0. The predicted molar refractivity (Wildman–Crippen MR) is 488 cm³/mol. The summed E-state index contributed by atoms with van der Waals surface area (Å²) < 4.78 is 0. The number of hydrogen-bond donors (Lipinski definition) is 19. The van der Waals surface area contributed by atoms with E-state index in [4.69, 9.17) is 11.5 Å². The molecule has 5 aromatic carbocycles. The number of aliphatic hydroxyl groups excluding tert-OH is 1. The fourth-order valence-corrected chi connectivity index (χ4v) is 15.3. The fraction of sp³-hybridized carbons (Fsp3) is 0.457. The Bertz CT molecular complexity index is 5060. The number of aromatic hydroxyl groups is 1. The van der Waals surface area contributed by atoms with Gasteiger partial charge in [0.15, 0.2) is 0 Å². The van der Waals surface area contributed by atoms with Crippen LogP contribution in [0.5, 0.6) is 5.75 Å². The van der Waals surface area contributed by atoms with E-state index in [0.717, 1.165) is 20.9 Å². The van der Waals surface area contributed by atoms with Crippen molar-refractivity contribution in [2.75, 3.05) is 45.3 Å². The third-order valence-electron chi connectivity index (χ3n) is 22.0. The normalized spacial score (nSPS) is 23.1. The minimum Gasteiger partial charge on any atom is -0.508 e. The maximum atomic E-state index is 15.5. The number of fused-ring (bicyclic) bond motifs is 1. The minimum atomic E-state index is -2.06. The zero-order chi connectivity index (χ0) is 97.3. The molecular weight excluding hydrogens is 1730 g/mol. The number of carboxylic acid groups (broad SMARTS) is 1. The largest absolute Gasteiger partial charge is 0.508 e. The molecule has 40 heteroatoms. The van der Waals surface area contributed by atoms with Gasteiger partial charge in [0.2, 0.25) is 100 Å². The van der Waals surface area contributed by atoms with E-state index in [0.29, 0.717) is 44.9 Å². The Hall–Kier alpha value is -13.8. The number of hydrogen-bond acceptors (Lipinski definition) is 21. The molecule has 17 amide bonds. The van der Waals surface area contributed by atoms with Gasteiger partial charge >= 0.3 is 5.97 Å². The first kappa shape index (κ1) is 105. The van der Waals surface area contributed by atoms with Gasteiger partial charge in [-0.25, -0.2) is 0 Å². The molecule has 0 aliphatic carbocycles. The van der Waals surface area contributed by atoms with Crippen LogP contribution in [-0.4, -0.2) is 260 Å². The van der Waals surface area contributed by atoms with Gasteiger partial charge in [-0.05, 0) is 95.0 Å². The highest BCUT2D eigenvalue weighted by molar-refractivity contribution is 8.00. The molecule has 0 spiro atoms. The zero-order valence-electron chi connectivity index (χ0n) is 75.6. The van der Waals surface area contributed by atoms with Crippen molar-refractivity contribution in [1.29, 1.82) is 0 Å². The average Bonchev–Trinajstić information content (AvgIpc) is 1.61. The van der Waals surface area contributed by atoms with E-state index in [1.807, 2.05) is 30.3 Å². The predicted octanol–water partition coefficient (Wildman–Crippen LogP) is -0.581. The van der Waals surface area contributed by atoms with E-state index in [9.17, 15) is 68.1 Å². The van der Waals surface area contributed by atoms with Crippen LogP contribution in [0, 0.1) is 23.7 Å².